The van der Waals surface area contributed by atoms with Gasteiger partial charge in [0, 0.05) is 23.8 Å². The zero-order valence-electron chi connectivity index (χ0n) is 13.0. The SMILES string of the molecule is Cc1cccc(Nc2ncc(C(=O)Nc3cccc(F)c3)cn2)c1. The molecule has 1 heterocycles. The van der Waals surface area contributed by atoms with E-state index in [1.54, 1.807) is 6.07 Å². The lowest BCUT2D eigenvalue weighted by atomic mass is 10.2. The van der Waals surface area contributed by atoms with Crippen molar-refractivity contribution in [2.75, 3.05) is 10.6 Å². The Morgan fingerprint density at radius 2 is 1.71 bits per heavy atom. The number of benzene rings is 2. The summed E-state index contributed by atoms with van der Waals surface area (Å²) in [6, 6.07) is 13.5. The van der Waals surface area contributed by atoms with Gasteiger partial charge in [0.25, 0.3) is 5.91 Å². The molecule has 0 atom stereocenters. The highest BCUT2D eigenvalue weighted by Crippen LogP contribution is 2.15. The zero-order chi connectivity index (χ0) is 16.9. The molecule has 2 N–H and O–H groups in total. The Balaban J connectivity index is 1.68. The van der Waals surface area contributed by atoms with E-state index in [4.69, 9.17) is 0 Å². The standard InChI is InChI=1S/C18H15FN4O/c1-12-4-2-6-15(8-12)23-18-20-10-13(11-21-18)17(24)22-16-7-3-5-14(19)9-16/h2-11H,1H3,(H,22,24)(H,20,21,23). The number of nitrogens with zero attached hydrogens (tertiary/aromatic N) is 2. The first-order valence-electron chi connectivity index (χ1n) is 7.33. The van der Waals surface area contributed by atoms with Crippen LogP contribution in [0.1, 0.15) is 15.9 Å². The van der Waals surface area contributed by atoms with Gasteiger partial charge in [-0.3, -0.25) is 4.79 Å². The molecule has 3 rings (SSSR count). The second kappa shape index (κ2) is 6.87. The number of hydrogen-bond acceptors (Lipinski definition) is 4. The smallest absolute Gasteiger partial charge is 0.258 e. The molecule has 0 saturated carbocycles. The van der Waals surface area contributed by atoms with Crippen molar-refractivity contribution in [3.05, 3.63) is 77.9 Å². The molecule has 24 heavy (non-hydrogen) atoms. The maximum absolute atomic E-state index is 13.1. The van der Waals surface area contributed by atoms with Crippen LogP contribution in [0.5, 0.6) is 0 Å². The summed E-state index contributed by atoms with van der Waals surface area (Å²) in [7, 11) is 0. The van der Waals surface area contributed by atoms with Crippen molar-refractivity contribution in [2.24, 2.45) is 0 Å². The lowest BCUT2D eigenvalue weighted by Crippen LogP contribution is -2.13. The number of halogens is 1. The molecule has 1 amide bonds. The molecule has 5 nitrogen and oxygen atoms in total. The minimum absolute atomic E-state index is 0.286. The van der Waals surface area contributed by atoms with Gasteiger partial charge in [-0.25, -0.2) is 14.4 Å². The Labute approximate surface area is 138 Å². The van der Waals surface area contributed by atoms with Gasteiger partial charge in [-0.2, -0.15) is 0 Å². The second-order valence-corrected chi connectivity index (χ2v) is 5.25. The van der Waals surface area contributed by atoms with Crippen LogP contribution in [0, 0.1) is 12.7 Å². The topological polar surface area (TPSA) is 66.9 Å². The van der Waals surface area contributed by atoms with E-state index in [-0.39, 0.29) is 5.56 Å². The summed E-state index contributed by atoms with van der Waals surface area (Å²) in [6.07, 6.45) is 2.83. The van der Waals surface area contributed by atoms with Gasteiger partial charge in [-0.15, -0.1) is 0 Å². The first kappa shape index (κ1) is 15.6. The first-order valence-corrected chi connectivity index (χ1v) is 7.33. The molecule has 0 aliphatic heterocycles. The van der Waals surface area contributed by atoms with Crippen molar-refractivity contribution < 1.29 is 9.18 Å². The van der Waals surface area contributed by atoms with Gasteiger partial charge in [0.1, 0.15) is 5.82 Å². The quantitative estimate of drug-likeness (QED) is 0.764. The summed E-state index contributed by atoms with van der Waals surface area (Å²) >= 11 is 0. The van der Waals surface area contributed by atoms with Gasteiger partial charge in [0.15, 0.2) is 0 Å². The Morgan fingerprint density at radius 3 is 2.42 bits per heavy atom. The summed E-state index contributed by atoms with van der Waals surface area (Å²) < 4.78 is 13.1. The molecule has 0 bridgehead atoms. The number of aryl methyl sites for hydroxylation is 1. The summed E-state index contributed by atoms with van der Waals surface area (Å²) in [4.78, 5) is 20.4. The molecular formula is C18H15FN4O. The maximum Gasteiger partial charge on any atom is 0.258 e. The van der Waals surface area contributed by atoms with Crippen molar-refractivity contribution in [1.82, 2.24) is 9.97 Å². The normalized spacial score (nSPS) is 10.2. The van der Waals surface area contributed by atoms with E-state index in [9.17, 15) is 9.18 Å². The molecule has 120 valence electrons. The highest BCUT2D eigenvalue weighted by molar-refractivity contribution is 6.03. The average Bonchev–Trinajstić information content (AvgIpc) is 2.55. The molecule has 0 spiro atoms. The van der Waals surface area contributed by atoms with Crippen LogP contribution in [0.2, 0.25) is 0 Å². The van der Waals surface area contributed by atoms with E-state index in [1.807, 2.05) is 31.2 Å². The van der Waals surface area contributed by atoms with Gasteiger partial charge >= 0.3 is 0 Å². The minimum atomic E-state index is -0.415. The van der Waals surface area contributed by atoms with E-state index in [1.165, 1.54) is 30.6 Å². The number of aromatic nitrogens is 2. The van der Waals surface area contributed by atoms with Crippen molar-refractivity contribution in [1.29, 1.82) is 0 Å². The Bertz CT molecular complexity index is 865. The number of carbonyl (C=O) groups is 1. The van der Waals surface area contributed by atoms with Gasteiger partial charge in [0.2, 0.25) is 5.95 Å². The van der Waals surface area contributed by atoms with Crippen LogP contribution in [0.15, 0.2) is 60.9 Å². The van der Waals surface area contributed by atoms with Crippen LogP contribution >= 0.6 is 0 Å². The van der Waals surface area contributed by atoms with Crippen LogP contribution in [0.3, 0.4) is 0 Å². The molecule has 0 radical (unpaired) electrons. The van der Waals surface area contributed by atoms with Crippen molar-refractivity contribution in [3.63, 3.8) is 0 Å². The van der Waals surface area contributed by atoms with E-state index >= 15 is 0 Å². The summed E-state index contributed by atoms with van der Waals surface area (Å²) in [5.41, 5.74) is 2.65. The molecule has 0 fully saturated rings. The zero-order valence-corrected chi connectivity index (χ0v) is 13.0. The Hall–Kier alpha value is -3.28. The average molecular weight is 322 g/mol. The lowest BCUT2D eigenvalue weighted by Gasteiger charge is -2.07. The highest BCUT2D eigenvalue weighted by Gasteiger charge is 2.08. The van der Waals surface area contributed by atoms with Crippen LogP contribution in [-0.4, -0.2) is 15.9 Å². The molecule has 0 saturated heterocycles. The van der Waals surface area contributed by atoms with Crippen molar-refractivity contribution in [2.45, 2.75) is 6.92 Å². The molecule has 0 unspecified atom stereocenters. The Morgan fingerprint density at radius 1 is 1.00 bits per heavy atom. The predicted octanol–water partition coefficient (Wildman–Crippen LogP) is 3.92. The highest BCUT2D eigenvalue weighted by atomic mass is 19.1. The fourth-order valence-corrected chi connectivity index (χ4v) is 2.13. The molecule has 1 aromatic heterocycles. The largest absolute Gasteiger partial charge is 0.324 e. The third-order valence-corrected chi connectivity index (χ3v) is 3.27. The third kappa shape index (κ3) is 3.92. The van der Waals surface area contributed by atoms with Gasteiger partial charge in [0.05, 0.1) is 5.56 Å². The summed E-state index contributed by atoms with van der Waals surface area (Å²) in [5.74, 6) is -0.424. The van der Waals surface area contributed by atoms with E-state index < -0.39 is 11.7 Å². The van der Waals surface area contributed by atoms with Crippen LogP contribution < -0.4 is 10.6 Å². The van der Waals surface area contributed by atoms with Gasteiger partial charge in [-0.1, -0.05) is 18.2 Å². The van der Waals surface area contributed by atoms with Crippen LogP contribution in [-0.2, 0) is 0 Å². The number of nitrogens with one attached hydrogen (secondary N) is 2. The molecular weight excluding hydrogens is 307 g/mol. The predicted molar refractivity (Wildman–Crippen MR) is 90.8 cm³/mol. The second-order valence-electron chi connectivity index (χ2n) is 5.25. The fraction of sp³-hybridized carbons (Fsp3) is 0.0556. The van der Waals surface area contributed by atoms with Crippen LogP contribution in [0.25, 0.3) is 0 Å². The van der Waals surface area contributed by atoms with E-state index in [0.29, 0.717) is 11.6 Å². The monoisotopic (exact) mass is 322 g/mol. The number of rotatable bonds is 4. The third-order valence-electron chi connectivity index (χ3n) is 3.27. The molecule has 0 aliphatic rings. The summed E-state index contributed by atoms with van der Waals surface area (Å²) in [5, 5.41) is 5.66. The number of amides is 1. The Kier molecular flexibility index (Phi) is 4.47. The lowest BCUT2D eigenvalue weighted by molar-refractivity contribution is 0.102. The molecule has 6 heteroatoms. The number of carbonyl (C=O) groups excluding carboxylic acids is 1. The minimum Gasteiger partial charge on any atom is -0.324 e. The van der Waals surface area contributed by atoms with Gasteiger partial charge in [-0.05, 0) is 42.8 Å². The molecule has 2 aromatic carbocycles. The maximum atomic E-state index is 13.1. The summed E-state index contributed by atoms with van der Waals surface area (Å²) in [6.45, 7) is 1.99. The first-order chi connectivity index (χ1) is 11.6. The molecule has 3 aromatic rings. The molecule has 0 aliphatic carbocycles. The number of anilines is 3. The van der Waals surface area contributed by atoms with Gasteiger partial charge < -0.3 is 10.6 Å². The fourth-order valence-electron chi connectivity index (χ4n) is 2.13. The van der Waals surface area contributed by atoms with Crippen molar-refractivity contribution in [3.8, 4) is 0 Å². The number of hydrogen-bond donors (Lipinski definition) is 2. The van der Waals surface area contributed by atoms with E-state index in [2.05, 4.69) is 20.6 Å². The van der Waals surface area contributed by atoms with E-state index in [0.717, 1.165) is 11.3 Å². The van der Waals surface area contributed by atoms with Crippen molar-refractivity contribution >= 4 is 23.2 Å². The van der Waals surface area contributed by atoms with Crippen LogP contribution in [0.4, 0.5) is 21.7 Å².